The third-order valence-electron chi connectivity index (χ3n) is 8.87. The van der Waals surface area contributed by atoms with Gasteiger partial charge in [-0.05, 0) is 18.1 Å². The molecule has 2 aliphatic rings. The number of ketones is 1. The Morgan fingerprint density at radius 3 is 1.78 bits per heavy atom. The molecule has 0 spiro atoms. The average Bonchev–Trinajstić information content (AvgIpc) is 3.28. The summed E-state index contributed by atoms with van der Waals surface area (Å²) < 4.78 is 35.1. The minimum atomic E-state index is -2.07. The second-order valence-corrected chi connectivity index (χ2v) is 13.5. The second kappa shape index (κ2) is 15.8. The lowest BCUT2D eigenvalue weighted by molar-refractivity contribution is -0.192. The van der Waals surface area contributed by atoms with Crippen molar-refractivity contribution in [2.24, 2.45) is 23.2 Å². The van der Waals surface area contributed by atoms with Crippen LogP contribution in [0.2, 0.25) is 0 Å². The summed E-state index contributed by atoms with van der Waals surface area (Å²) in [5.74, 6) is -8.69. The first-order valence-electron chi connectivity index (χ1n) is 16.3. The molecule has 3 rings (SSSR count). The van der Waals surface area contributed by atoms with Crippen LogP contribution >= 0.6 is 0 Å². The van der Waals surface area contributed by atoms with Crippen LogP contribution in [0.3, 0.4) is 0 Å². The lowest BCUT2D eigenvalue weighted by Crippen LogP contribution is -2.59. The zero-order chi connectivity index (χ0) is 37.7. The van der Waals surface area contributed by atoms with E-state index in [0.29, 0.717) is 0 Å². The molecule has 50 heavy (non-hydrogen) atoms. The molecule has 0 heterocycles. The van der Waals surface area contributed by atoms with E-state index in [-0.39, 0.29) is 17.6 Å². The Kier molecular flexibility index (Phi) is 12.5. The lowest BCUT2D eigenvalue weighted by atomic mass is 9.72. The van der Waals surface area contributed by atoms with Gasteiger partial charge in [0.25, 0.3) is 0 Å². The Labute approximate surface area is 291 Å². The largest absolute Gasteiger partial charge is 0.458 e. The molecule has 1 fully saturated rings. The number of ether oxygens (including phenoxy) is 6. The van der Waals surface area contributed by atoms with Gasteiger partial charge in [0.2, 0.25) is 0 Å². The summed E-state index contributed by atoms with van der Waals surface area (Å²) in [5.41, 5.74) is -3.32. The standard InChI is InChI=1S/C37H46O13/c1-19-16-17-36(9,10)34(48-25(7)41)32(47-24(6)40)31(46-23(5)39)21(3)30(45-22(4)38)28-29(49-35(44)27-14-12-11-13-15-27)20(2)18-37(28,33(19)43)50-26(8)42/h11-17,19-20,28-32,34H,3,18H2,1-2,4-10H3/b17-16+/t19-,20-,28+,29-,30-,31-,32+,34+,37+/m1/s1. The molecule has 2 aliphatic carbocycles. The summed E-state index contributed by atoms with van der Waals surface area (Å²) in [7, 11) is 0. The van der Waals surface area contributed by atoms with Gasteiger partial charge < -0.3 is 28.4 Å². The number of benzene rings is 1. The van der Waals surface area contributed by atoms with Gasteiger partial charge in [-0.3, -0.25) is 28.8 Å². The van der Waals surface area contributed by atoms with Gasteiger partial charge in [0.15, 0.2) is 29.7 Å². The van der Waals surface area contributed by atoms with E-state index in [0.717, 1.165) is 34.6 Å². The summed E-state index contributed by atoms with van der Waals surface area (Å²) in [6.45, 7) is 16.2. The molecule has 0 aliphatic heterocycles. The monoisotopic (exact) mass is 698 g/mol. The summed E-state index contributed by atoms with van der Waals surface area (Å²) in [4.78, 5) is 91.9. The van der Waals surface area contributed by atoms with Crippen molar-refractivity contribution < 1.29 is 62.0 Å². The molecule has 1 aromatic rings. The average molecular weight is 699 g/mol. The van der Waals surface area contributed by atoms with Crippen LogP contribution in [0.25, 0.3) is 0 Å². The summed E-state index contributed by atoms with van der Waals surface area (Å²) in [5, 5.41) is 0. The molecule has 0 aromatic heterocycles. The predicted octanol–water partition coefficient (Wildman–Crippen LogP) is 4.25. The fourth-order valence-electron chi connectivity index (χ4n) is 6.91. The van der Waals surface area contributed by atoms with Crippen LogP contribution in [0.4, 0.5) is 0 Å². The molecule has 0 amide bonds. The highest BCUT2D eigenvalue weighted by Crippen LogP contribution is 2.51. The first kappa shape index (κ1) is 39.6. The molecule has 1 aromatic carbocycles. The number of hydrogen-bond acceptors (Lipinski definition) is 13. The molecule has 13 nitrogen and oxygen atoms in total. The Bertz CT molecular complexity index is 1540. The van der Waals surface area contributed by atoms with E-state index in [4.69, 9.17) is 28.4 Å². The van der Waals surface area contributed by atoms with Gasteiger partial charge in [-0.25, -0.2) is 4.79 Å². The third-order valence-corrected chi connectivity index (χ3v) is 8.87. The van der Waals surface area contributed by atoms with Crippen LogP contribution in [-0.2, 0) is 57.2 Å². The van der Waals surface area contributed by atoms with E-state index in [1.54, 1.807) is 52.0 Å². The van der Waals surface area contributed by atoms with Crippen molar-refractivity contribution in [1.29, 1.82) is 0 Å². The normalized spacial score (nSPS) is 31.4. The Morgan fingerprint density at radius 2 is 1.26 bits per heavy atom. The molecular formula is C37H46O13. The van der Waals surface area contributed by atoms with Crippen molar-refractivity contribution in [2.75, 3.05) is 0 Å². The van der Waals surface area contributed by atoms with Gasteiger partial charge in [-0.2, -0.15) is 0 Å². The van der Waals surface area contributed by atoms with Gasteiger partial charge in [0.1, 0.15) is 12.2 Å². The van der Waals surface area contributed by atoms with Gasteiger partial charge in [-0.15, -0.1) is 0 Å². The number of fused-ring (bicyclic) bond motifs is 1. The van der Waals surface area contributed by atoms with Gasteiger partial charge >= 0.3 is 35.8 Å². The maximum absolute atomic E-state index is 14.7. The maximum Gasteiger partial charge on any atom is 0.338 e. The van der Waals surface area contributed by atoms with Gasteiger partial charge in [-0.1, -0.05) is 64.6 Å². The summed E-state index contributed by atoms with van der Waals surface area (Å²) in [6, 6.07) is 8.03. The number of rotatable bonds is 7. The minimum Gasteiger partial charge on any atom is -0.458 e. The van der Waals surface area contributed by atoms with Crippen molar-refractivity contribution in [1.82, 2.24) is 0 Å². The smallest absolute Gasteiger partial charge is 0.338 e. The Balaban J connectivity index is 2.47. The number of carbonyl (C=O) groups is 7. The first-order chi connectivity index (χ1) is 23.2. The molecule has 0 bridgehead atoms. The molecule has 0 unspecified atom stereocenters. The number of Topliss-reactive ketones (excluding diaryl/α,β-unsaturated/α-hetero) is 1. The van der Waals surface area contributed by atoms with Gasteiger partial charge in [0, 0.05) is 57.9 Å². The highest BCUT2D eigenvalue weighted by atomic mass is 16.6. The minimum absolute atomic E-state index is 0.156. The lowest BCUT2D eigenvalue weighted by Gasteiger charge is -2.44. The second-order valence-electron chi connectivity index (χ2n) is 13.5. The van der Waals surface area contributed by atoms with E-state index in [1.165, 1.54) is 18.2 Å². The number of allylic oxidation sites excluding steroid dienone is 1. The van der Waals surface area contributed by atoms with Crippen LogP contribution in [0, 0.1) is 23.2 Å². The molecule has 0 N–H and O–H groups in total. The molecule has 272 valence electrons. The predicted molar refractivity (Wildman–Crippen MR) is 176 cm³/mol. The fourth-order valence-corrected chi connectivity index (χ4v) is 6.91. The van der Waals surface area contributed by atoms with Crippen molar-refractivity contribution >= 4 is 41.6 Å². The number of hydrogen-bond donors (Lipinski definition) is 0. The fraction of sp³-hybridized carbons (Fsp3) is 0.541. The van der Waals surface area contributed by atoms with E-state index >= 15 is 0 Å². The van der Waals surface area contributed by atoms with Crippen LogP contribution in [0.5, 0.6) is 0 Å². The zero-order valence-corrected chi connectivity index (χ0v) is 29.9. The van der Waals surface area contributed by atoms with Crippen LogP contribution in [0.1, 0.15) is 79.1 Å². The van der Waals surface area contributed by atoms with E-state index in [1.807, 2.05) is 0 Å². The van der Waals surface area contributed by atoms with Crippen molar-refractivity contribution in [2.45, 2.75) is 105 Å². The first-order valence-corrected chi connectivity index (χ1v) is 16.3. The summed E-state index contributed by atoms with van der Waals surface area (Å²) >= 11 is 0. The quantitative estimate of drug-likeness (QED) is 0.225. The molecule has 0 radical (unpaired) electrons. The van der Waals surface area contributed by atoms with E-state index in [9.17, 15) is 33.6 Å². The van der Waals surface area contributed by atoms with E-state index in [2.05, 4.69) is 6.58 Å². The van der Waals surface area contributed by atoms with E-state index < -0.39 is 101 Å². The van der Waals surface area contributed by atoms with Gasteiger partial charge in [0.05, 0.1) is 11.5 Å². The highest BCUT2D eigenvalue weighted by molar-refractivity contribution is 5.94. The molecule has 9 atom stereocenters. The molecule has 0 saturated heterocycles. The van der Waals surface area contributed by atoms with Crippen molar-refractivity contribution in [3.8, 4) is 0 Å². The molecule has 13 heteroatoms. The SMILES string of the molecule is C=C1[C@@H](OC(C)=O)[C@H](OC(C)=O)[C@H](OC(C)=O)C(C)(C)/C=C/[C@@H](C)C(=O)[C@]2(OC(C)=O)C[C@@H](C)[C@@H](OC(=O)c3ccccc3)[C@H]2[C@@H]1OC(C)=O. The Morgan fingerprint density at radius 1 is 0.720 bits per heavy atom. The molecule has 1 saturated carbocycles. The third kappa shape index (κ3) is 8.85. The molecular weight excluding hydrogens is 652 g/mol. The van der Waals surface area contributed by atoms with Crippen molar-refractivity contribution in [3.63, 3.8) is 0 Å². The van der Waals surface area contributed by atoms with Crippen molar-refractivity contribution in [3.05, 3.63) is 60.2 Å². The maximum atomic E-state index is 14.7. The number of carbonyl (C=O) groups excluding carboxylic acids is 7. The Hall–Kier alpha value is -4.81. The number of esters is 6. The van der Waals surface area contributed by atoms with Crippen LogP contribution in [0.15, 0.2) is 54.6 Å². The summed E-state index contributed by atoms with van der Waals surface area (Å²) in [6.07, 6.45) is -4.58. The van der Waals surface area contributed by atoms with Crippen LogP contribution < -0.4 is 0 Å². The zero-order valence-electron chi connectivity index (χ0n) is 29.9. The van der Waals surface area contributed by atoms with Crippen LogP contribution in [-0.4, -0.2) is 77.7 Å². The highest BCUT2D eigenvalue weighted by Gasteiger charge is 2.66. The topological polar surface area (TPSA) is 175 Å².